The third-order valence-electron chi connectivity index (χ3n) is 5.04. The standard InChI is InChI=1S/C19H24ClN3O2/c1-3-7-21-9-11-22(12-10-21)18(24)16-6-8-23(19(16)25)15-5-4-14(2)17(20)13-15/h3-5,13,16H,1,6-12H2,2H3/t16-/m0/s1. The first-order valence-electron chi connectivity index (χ1n) is 8.71. The number of hydrogen-bond donors (Lipinski definition) is 0. The van der Waals surface area contributed by atoms with E-state index in [0.717, 1.165) is 30.9 Å². The number of nitrogens with zero attached hydrogens (tertiary/aromatic N) is 3. The quantitative estimate of drug-likeness (QED) is 0.610. The predicted octanol–water partition coefficient (Wildman–Crippen LogP) is 2.33. The van der Waals surface area contributed by atoms with Crippen LogP contribution in [0.4, 0.5) is 5.69 Å². The van der Waals surface area contributed by atoms with Gasteiger partial charge in [-0.1, -0.05) is 23.7 Å². The highest BCUT2D eigenvalue weighted by atomic mass is 35.5. The number of aryl methyl sites for hydroxylation is 1. The summed E-state index contributed by atoms with van der Waals surface area (Å²) in [4.78, 5) is 31.3. The summed E-state index contributed by atoms with van der Waals surface area (Å²) >= 11 is 6.18. The predicted molar refractivity (Wildman–Crippen MR) is 99.9 cm³/mol. The Kier molecular flexibility index (Phi) is 5.45. The van der Waals surface area contributed by atoms with Crippen LogP contribution in [0.3, 0.4) is 0 Å². The summed E-state index contributed by atoms with van der Waals surface area (Å²) in [5, 5.41) is 0.637. The van der Waals surface area contributed by atoms with Gasteiger partial charge in [-0.15, -0.1) is 6.58 Å². The van der Waals surface area contributed by atoms with Crippen LogP contribution < -0.4 is 4.90 Å². The van der Waals surface area contributed by atoms with E-state index in [4.69, 9.17) is 11.6 Å². The highest BCUT2D eigenvalue weighted by Crippen LogP contribution is 2.29. The first kappa shape index (κ1) is 18.0. The van der Waals surface area contributed by atoms with E-state index in [1.54, 1.807) is 11.0 Å². The molecule has 0 N–H and O–H groups in total. The topological polar surface area (TPSA) is 43.9 Å². The number of carbonyl (C=O) groups excluding carboxylic acids is 2. The van der Waals surface area contributed by atoms with Crippen molar-refractivity contribution in [3.63, 3.8) is 0 Å². The van der Waals surface area contributed by atoms with Gasteiger partial charge in [-0.05, 0) is 31.0 Å². The van der Waals surface area contributed by atoms with Gasteiger partial charge >= 0.3 is 0 Å². The molecule has 1 aromatic carbocycles. The molecule has 1 aromatic rings. The van der Waals surface area contributed by atoms with Crippen molar-refractivity contribution in [3.05, 3.63) is 41.4 Å². The van der Waals surface area contributed by atoms with Crippen molar-refractivity contribution in [1.29, 1.82) is 0 Å². The Hall–Kier alpha value is -1.85. The van der Waals surface area contributed by atoms with Gasteiger partial charge in [0.15, 0.2) is 0 Å². The minimum absolute atomic E-state index is 0.0380. The molecule has 2 amide bonds. The maximum Gasteiger partial charge on any atom is 0.239 e. The first-order valence-corrected chi connectivity index (χ1v) is 9.08. The Bertz CT molecular complexity index is 683. The lowest BCUT2D eigenvalue weighted by atomic mass is 10.1. The van der Waals surface area contributed by atoms with Crippen LogP contribution in [0.2, 0.25) is 5.02 Å². The second-order valence-electron chi connectivity index (χ2n) is 6.68. The summed E-state index contributed by atoms with van der Waals surface area (Å²) in [6.45, 7) is 10.1. The number of carbonyl (C=O) groups is 2. The molecule has 0 unspecified atom stereocenters. The number of piperazine rings is 1. The van der Waals surface area contributed by atoms with Crippen molar-refractivity contribution in [2.24, 2.45) is 5.92 Å². The Balaban J connectivity index is 1.64. The molecule has 25 heavy (non-hydrogen) atoms. The van der Waals surface area contributed by atoms with Crippen LogP contribution in [0.15, 0.2) is 30.9 Å². The van der Waals surface area contributed by atoms with E-state index < -0.39 is 5.92 Å². The minimum Gasteiger partial charge on any atom is -0.339 e. The van der Waals surface area contributed by atoms with E-state index in [2.05, 4.69) is 11.5 Å². The zero-order valence-corrected chi connectivity index (χ0v) is 15.3. The Labute approximate surface area is 153 Å². The normalized spacial score (nSPS) is 21.7. The van der Waals surface area contributed by atoms with Crippen LogP contribution in [-0.2, 0) is 9.59 Å². The maximum absolute atomic E-state index is 12.8. The van der Waals surface area contributed by atoms with Gasteiger partial charge in [0, 0.05) is 50.0 Å². The van der Waals surface area contributed by atoms with Gasteiger partial charge < -0.3 is 9.80 Å². The molecule has 2 aliphatic rings. The molecule has 2 heterocycles. The Morgan fingerprint density at radius 3 is 2.64 bits per heavy atom. The molecule has 0 radical (unpaired) electrons. The summed E-state index contributed by atoms with van der Waals surface area (Å²) in [6.07, 6.45) is 2.44. The van der Waals surface area contributed by atoms with Gasteiger partial charge in [0.25, 0.3) is 0 Å². The molecule has 0 aliphatic carbocycles. The van der Waals surface area contributed by atoms with Crippen LogP contribution in [0.1, 0.15) is 12.0 Å². The van der Waals surface area contributed by atoms with Crippen molar-refractivity contribution >= 4 is 29.1 Å². The lowest BCUT2D eigenvalue weighted by Gasteiger charge is -2.35. The number of halogens is 1. The third-order valence-corrected chi connectivity index (χ3v) is 5.45. The fourth-order valence-electron chi connectivity index (χ4n) is 3.47. The van der Waals surface area contributed by atoms with Crippen molar-refractivity contribution in [1.82, 2.24) is 9.80 Å². The van der Waals surface area contributed by atoms with Gasteiger partial charge in [0.05, 0.1) is 0 Å². The monoisotopic (exact) mass is 361 g/mol. The highest BCUT2D eigenvalue weighted by Gasteiger charge is 2.40. The average molecular weight is 362 g/mol. The zero-order chi connectivity index (χ0) is 18.0. The lowest BCUT2D eigenvalue weighted by Crippen LogP contribution is -2.51. The van der Waals surface area contributed by atoms with Crippen LogP contribution in [0.5, 0.6) is 0 Å². The van der Waals surface area contributed by atoms with Crippen LogP contribution in [0, 0.1) is 12.8 Å². The zero-order valence-electron chi connectivity index (χ0n) is 14.6. The molecule has 0 saturated carbocycles. The number of hydrogen-bond acceptors (Lipinski definition) is 3. The van der Waals surface area contributed by atoms with E-state index in [0.29, 0.717) is 31.1 Å². The molecule has 2 fully saturated rings. The molecule has 1 atom stereocenters. The molecular weight excluding hydrogens is 338 g/mol. The largest absolute Gasteiger partial charge is 0.339 e. The van der Waals surface area contributed by atoms with Crippen molar-refractivity contribution in [2.45, 2.75) is 13.3 Å². The van der Waals surface area contributed by atoms with Gasteiger partial charge in [-0.2, -0.15) is 0 Å². The van der Waals surface area contributed by atoms with Gasteiger partial charge in [0.2, 0.25) is 11.8 Å². The second-order valence-corrected chi connectivity index (χ2v) is 7.09. The Morgan fingerprint density at radius 2 is 2.00 bits per heavy atom. The lowest BCUT2D eigenvalue weighted by molar-refractivity contribution is -0.141. The molecule has 2 aliphatic heterocycles. The molecule has 0 bridgehead atoms. The summed E-state index contributed by atoms with van der Waals surface area (Å²) in [5.41, 5.74) is 1.74. The average Bonchev–Trinajstić information content (AvgIpc) is 2.99. The molecule has 134 valence electrons. The van der Waals surface area contributed by atoms with E-state index in [1.165, 1.54) is 0 Å². The van der Waals surface area contributed by atoms with Crippen molar-refractivity contribution < 1.29 is 9.59 Å². The fourth-order valence-corrected chi connectivity index (χ4v) is 3.64. The molecular formula is C19H24ClN3O2. The summed E-state index contributed by atoms with van der Waals surface area (Å²) in [6, 6.07) is 5.59. The van der Waals surface area contributed by atoms with Gasteiger partial charge in [0.1, 0.15) is 5.92 Å². The molecule has 2 saturated heterocycles. The number of amides is 2. The van der Waals surface area contributed by atoms with Gasteiger partial charge in [-0.3, -0.25) is 14.5 Å². The molecule has 6 heteroatoms. The number of benzene rings is 1. The fraction of sp³-hybridized carbons (Fsp3) is 0.474. The van der Waals surface area contributed by atoms with Crippen molar-refractivity contribution in [3.8, 4) is 0 Å². The summed E-state index contributed by atoms with van der Waals surface area (Å²) in [7, 11) is 0. The first-order chi connectivity index (χ1) is 12.0. The van der Waals surface area contributed by atoms with E-state index in [9.17, 15) is 9.59 Å². The van der Waals surface area contributed by atoms with Crippen LogP contribution in [-0.4, -0.2) is 60.9 Å². The Morgan fingerprint density at radius 1 is 1.28 bits per heavy atom. The maximum atomic E-state index is 12.8. The molecule has 3 rings (SSSR count). The van der Waals surface area contributed by atoms with Gasteiger partial charge in [-0.25, -0.2) is 0 Å². The molecule has 0 aromatic heterocycles. The smallest absolute Gasteiger partial charge is 0.239 e. The second kappa shape index (κ2) is 7.58. The minimum atomic E-state index is -0.564. The summed E-state index contributed by atoms with van der Waals surface area (Å²) in [5.74, 6) is -0.714. The van der Waals surface area contributed by atoms with Crippen LogP contribution >= 0.6 is 11.6 Å². The highest BCUT2D eigenvalue weighted by molar-refractivity contribution is 6.31. The van der Waals surface area contributed by atoms with E-state index in [1.807, 2.05) is 30.0 Å². The summed E-state index contributed by atoms with van der Waals surface area (Å²) < 4.78 is 0. The van der Waals surface area contributed by atoms with E-state index >= 15 is 0 Å². The third kappa shape index (κ3) is 3.72. The number of rotatable bonds is 4. The van der Waals surface area contributed by atoms with Crippen molar-refractivity contribution in [2.75, 3.05) is 44.2 Å². The molecule has 5 nitrogen and oxygen atoms in total. The number of anilines is 1. The SMILES string of the molecule is C=CCN1CCN(C(=O)[C@@H]2CCN(c3ccc(C)c(Cl)c3)C2=O)CC1. The van der Waals surface area contributed by atoms with E-state index in [-0.39, 0.29) is 11.8 Å². The van der Waals surface area contributed by atoms with Crippen LogP contribution in [0.25, 0.3) is 0 Å². The molecule has 0 spiro atoms.